The Morgan fingerprint density at radius 3 is 2.56 bits per heavy atom. The molecule has 1 aliphatic heterocycles. The molecule has 1 saturated heterocycles. The van der Waals surface area contributed by atoms with E-state index in [4.69, 9.17) is 14.6 Å². The molecular weight excluding hydrogens is 350 g/mol. The van der Waals surface area contributed by atoms with Gasteiger partial charge in [-0.3, -0.25) is 14.5 Å². The normalized spacial score (nSPS) is 16.4. The Balaban J connectivity index is 1.92. The standard InChI is InChI=1S/C19H29N3O5/c1-13(22-9-6-14(7-10-22)19(25)20-8-11-23)18(24)21-16-12-15(26-2)4-5-17(16)27-3/h4-5,12-14,23H,6-11H2,1-3H3,(H,20,25)(H,21,24)/t13-/m1/s1. The van der Waals surface area contributed by atoms with Crippen molar-refractivity contribution in [2.75, 3.05) is 45.8 Å². The fraction of sp³-hybridized carbons (Fsp3) is 0.579. The molecular formula is C19H29N3O5. The van der Waals surface area contributed by atoms with E-state index in [2.05, 4.69) is 15.5 Å². The average molecular weight is 379 g/mol. The summed E-state index contributed by atoms with van der Waals surface area (Å²) in [6.07, 6.45) is 1.38. The highest BCUT2D eigenvalue weighted by Crippen LogP contribution is 2.29. The first-order chi connectivity index (χ1) is 13.0. The zero-order chi connectivity index (χ0) is 19.8. The second-order valence-electron chi connectivity index (χ2n) is 6.56. The van der Waals surface area contributed by atoms with Crippen LogP contribution in [0.25, 0.3) is 0 Å². The molecule has 8 nitrogen and oxygen atoms in total. The fourth-order valence-electron chi connectivity index (χ4n) is 3.19. The van der Waals surface area contributed by atoms with E-state index in [1.807, 2.05) is 6.92 Å². The zero-order valence-corrected chi connectivity index (χ0v) is 16.2. The van der Waals surface area contributed by atoms with Crippen molar-refractivity contribution in [2.45, 2.75) is 25.8 Å². The molecule has 2 amide bonds. The Kier molecular flexibility index (Phi) is 7.87. The van der Waals surface area contributed by atoms with Gasteiger partial charge in [0, 0.05) is 18.5 Å². The summed E-state index contributed by atoms with van der Waals surface area (Å²) in [5.41, 5.74) is 0.562. The molecule has 8 heteroatoms. The molecule has 0 aliphatic carbocycles. The number of methoxy groups -OCH3 is 2. The predicted molar refractivity (Wildman–Crippen MR) is 102 cm³/mol. The van der Waals surface area contributed by atoms with Gasteiger partial charge in [0.25, 0.3) is 0 Å². The van der Waals surface area contributed by atoms with Crippen molar-refractivity contribution in [3.63, 3.8) is 0 Å². The molecule has 1 heterocycles. The van der Waals surface area contributed by atoms with Crippen LogP contribution in [0.15, 0.2) is 18.2 Å². The van der Waals surface area contributed by atoms with E-state index in [0.717, 1.165) is 0 Å². The molecule has 2 rings (SSSR count). The number of benzene rings is 1. The largest absolute Gasteiger partial charge is 0.497 e. The van der Waals surface area contributed by atoms with Crippen LogP contribution in [-0.4, -0.2) is 68.3 Å². The van der Waals surface area contributed by atoms with Crippen LogP contribution < -0.4 is 20.1 Å². The number of piperidine rings is 1. The minimum Gasteiger partial charge on any atom is -0.497 e. The molecule has 0 bridgehead atoms. The number of anilines is 1. The molecule has 1 aromatic carbocycles. The maximum atomic E-state index is 12.7. The number of amides is 2. The predicted octanol–water partition coefficient (Wildman–Crippen LogP) is 0.851. The van der Waals surface area contributed by atoms with E-state index in [1.165, 1.54) is 0 Å². The SMILES string of the molecule is COc1ccc(OC)c(NC(=O)[C@@H](C)N2CCC(C(=O)NCCO)CC2)c1. The molecule has 0 saturated carbocycles. The van der Waals surface area contributed by atoms with Crippen LogP contribution in [0.2, 0.25) is 0 Å². The summed E-state index contributed by atoms with van der Waals surface area (Å²) in [6, 6.07) is 4.91. The first kappa shape index (κ1) is 21.0. The number of ether oxygens (including phenoxy) is 2. The summed E-state index contributed by atoms with van der Waals surface area (Å²) >= 11 is 0. The van der Waals surface area contributed by atoms with Crippen LogP contribution in [-0.2, 0) is 9.59 Å². The summed E-state index contributed by atoms with van der Waals surface area (Å²) in [6.45, 7) is 3.41. The van der Waals surface area contributed by atoms with Crippen LogP contribution >= 0.6 is 0 Å². The van der Waals surface area contributed by atoms with E-state index >= 15 is 0 Å². The third-order valence-corrected chi connectivity index (χ3v) is 4.90. The van der Waals surface area contributed by atoms with Crippen LogP contribution in [0.1, 0.15) is 19.8 Å². The number of nitrogens with zero attached hydrogens (tertiary/aromatic N) is 1. The second-order valence-corrected chi connectivity index (χ2v) is 6.56. The van der Waals surface area contributed by atoms with Crippen molar-refractivity contribution >= 4 is 17.5 Å². The van der Waals surface area contributed by atoms with Crippen molar-refractivity contribution in [1.82, 2.24) is 10.2 Å². The third-order valence-electron chi connectivity index (χ3n) is 4.90. The molecule has 1 aliphatic rings. The monoisotopic (exact) mass is 379 g/mol. The Morgan fingerprint density at radius 2 is 1.96 bits per heavy atom. The Bertz CT molecular complexity index is 644. The number of hydrogen-bond acceptors (Lipinski definition) is 6. The van der Waals surface area contributed by atoms with E-state index in [1.54, 1.807) is 32.4 Å². The third kappa shape index (κ3) is 5.58. The minimum absolute atomic E-state index is 0.0260. The number of carbonyl (C=O) groups is 2. The summed E-state index contributed by atoms with van der Waals surface area (Å²) in [7, 11) is 3.12. The second kappa shape index (κ2) is 10.1. The Labute approximate surface area is 159 Å². The topological polar surface area (TPSA) is 100 Å². The Morgan fingerprint density at radius 1 is 1.26 bits per heavy atom. The lowest BCUT2D eigenvalue weighted by Crippen LogP contribution is -2.48. The quantitative estimate of drug-likeness (QED) is 0.619. The number of aliphatic hydroxyl groups excluding tert-OH is 1. The fourth-order valence-corrected chi connectivity index (χ4v) is 3.19. The van der Waals surface area contributed by atoms with Gasteiger partial charge in [-0.15, -0.1) is 0 Å². The van der Waals surface area contributed by atoms with Gasteiger partial charge in [0.1, 0.15) is 11.5 Å². The number of carbonyl (C=O) groups excluding carboxylic acids is 2. The van der Waals surface area contributed by atoms with Crippen LogP contribution in [0.3, 0.4) is 0 Å². The van der Waals surface area contributed by atoms with Crippen LogP contribution in [0, 0.1) is 5.92 Å². The van der Waals surface area contributed by atoms with Gasteiger partial charge in [-0.2, -0.15) is 0 Å². The van der Waals surface area contributed by atoms with Crippen LogP contribution in [0.5, 0.6) is 11.5 Å². The molecule has 0 spiro atoms. The molecule has 1 fully saturated rings. The van der Waals surface area contributed by atoms with Gasteiger partial charge in [0.15, 0.2) is 0 Å². The Hall–Kier alpha value is -2.32. The van der Waals surface area contributed by atoms with Crippen molar-refractivity contribution in [2.24, 2.45) is 5.92 Å². The van der Waals surface area contributed by atoms with Crippen molar-refractivity contribution < 1.29 is 24.2 Å². The van der Waals surface area contributed by atoms with Crippen molar-refractivity contribution in [1.29, 1.82) is 0 Å². The zero-order valence-electron chi connectivity index (χ0n) is 16.2. The highest BCUT2D eigenvalue weighted by Gasteiger charge is 2.30. The van der Waals surface area contributed by atoms with Gasteiger partial charge in [0.05, 0.1) is 32.6 Å². The molecule has 1 aromatic rings. The van der Waals surface area contributed by atoms with Crippen LogP contribution in [0.4, 0.5) is 5.69 Å². The minimum atomic E-state index is -0.331. The van der Waals surface area contributed by atoms with Gasteiger partial charge in [-0.25, -0.2) is 0 Å². The van der Waals surface area contributed by atoms with Gasteiger partial charge < -0.3 is 25.2 Å². The molecule has 3 N–H and O–H groups in total. The summed E-state index contributed by atoms with van der Waals surface area (Å²) in [4.78, 5) is 26.7. The maximum Gasteiger partial charge on any atom is 0.241 e. The molecule has 0 unspecified atom stereocenters. The lowest BCUT2D eigenvalue weighted by Gasteiger charge is -2.34. The average Bonchev–Trinajstić information content (AvgIpc) is 2.71. The molecule has 1 atom stereocenters. The smallest absolute Gasteiger partial charge is 0.241 e. The lowest BCUT2D eigenvalue weighted by molar-refractivity contribution is -0.127. The summed E-state index contributed by atoms with van der Waals surface area (Å²) in [5, 5.41) is 14.4. The van der Waals surface area contributed by atoms with Gasteiger partial charge >= 0.3 is 0 Å². The van der Waals surface area contributed by atoms with Gasteiger partial charge in [-0.1, -0.05) is 0 Å². The lowest BCUT2D eigenvalue weighted by atomic mass is 9.95. The molecule has 0 aromatic heterocycles. The number of likely N-dealkylation sites (tertiary alicyclic amines) is 1. The van der Waals surface area contributed by atoms with Crippen molar-refractivity contribution in [3.05, 3.63) is 18.2 Å². The number of nitrogens with one attached hydrogen (secondary N) is 2. The summed E-state index contributed by atoms with van der Waals surface area (Å²) in [5.74, 6) is 0.970. The molecule has 27 heavy (non-hydrogen) atoms. The number of hydrogen-bond donors (Lipinski definition) is 3. The maximum absolute atomic E-state index is 12.7. The van der Waals surface area contributed by atoms with E-state index in [0.29, 0.717) is 43.1 Å². The van der Waals surface area contributed by atoms with Gasteiger partial charge in [0.2, 0.25) is 11.8 Å². The highest BCUT2D eigenvalue weighted by atomic mass is 16.5. The first-order valence-electron chi connectivity index (χ1n) is 9.15. The number of aliphatic hydroxyl groups is 1. The van der Waals surface area contributed by atoms with E-state index in [9.17, 15) is 9.59 Å². The molecule has 150 valence electrons. The highest BCUT2D eigenvalue weighted by molar-refractivity contribution is 5.96. The first-order valence-corrected chi connectivity index (χ1v) is 9.15. The van der Waals surface area contributed by atoms with Gasteiger partial charge in [-0.05, 0) is 45.0 Å². The summed E-state index contributed by atoms with van der Waals surface area (Å²) < 4.78 is 10.5. The van der Waals surface area contributed by atoms with E-state index < -0.39 is 0 Å². The van der Waals surface area contributed by atoms with Crippen molar-refractivity contribution in [3.8, 4) is 11.5 Å². The number of rotatable bonds is 8. The van der Waals surface area contributed by atoms with E-state index in [-0.39, 0.29) is 36.9 Å². The molecule has 0 radical (unpaired) electrons.